The van der Waals surface area contributed by atoms with Crippen LogP contribution in [0.15, 0.2) is 34.8 Å². The van der Waals surface area contributed by atoms with E-state index in [2.05, 4.69) is 21.0 Å². The molecule has 0 aliphatic rings. The minimum atomic E-state index is -0.594. The number of nitrogens with two attached hydrogens (primary N) is 1. The average molecular weight is 350 g/mol. The van der Waals surface area contributed by atoms with Gasteiger partial charge in [-0.15, -0.1) is 0 Å². The number of aromatic nitrogens is 2. The van der Waals surface area contributed by atoms with Gasteiger partial charge in [0.2, 0.25) is 0 Å². The van der Waals surface area contributed by atoms with Gasteiger partial charge in [-0.05, 0) is 34.8 Å². The van der Waals surface area contributed by atoms with Crippen molar-refractivity contribution in [3.8, 4) is 0 Å². The molecule has 0 bridgehead atoms. The first-order valence-electron chi connectivity index (χ1n) is 7.15. The molecule has 1 atom stereocenters. The minimum Gasteiger partial charge on any atom is -0.318 e. The Labute approximate surface area is 133 Å². The third kappa shape index (κ3) is 3.41. The molecule has 2 N–H and O–H groups in total. The summed E-state index contributed by atoms with van der Waals surface area (Å²) in [5.74, 6) is -0.000784. The largest absolute Gasteiger partial charge is 0.318 e. The van der Waals surface area contributed by atoms with Gasteiger partial charge < -0.3 is 5.73 Å². The van der Waals surface area contributed by atoms with E-state index >= 15 is 0 Å². The lowest BCUT2D eigenvalue weighted by atomic mass is 10.0. The second kappa shape index (κ2) is 7.00. The van der Waals surface area contributed by atoms with Gasteiger partial charge in [-0.2, -0.15) is 5.10 Å². The van der Waals surface area contributed by atoms with Crippen molar-refractivity contribution in [2.75, 3.05) is 0 Å². The van der Waals surface area contributed by atoms with Crippen LogP contribution < -0.4 is 5.73 Å². The highest BCUT2D eigenvalue weighted by Crippen LogP contribution is 2.24. The van der Waals surface area contributed by atoms with Gasteiger partial charge in [0.15, 0.2) is 5.78 Å². The quantitative estimate of drug-likeness (QED) is 0.871. The van der Waals surface area contributed by atoms with E-state index in [9.17, 15) is 4.79 Å². The molecule has 21 heavy (non-hydrogen) atoms. The van der Waals surface area contributed by atoms with Gasteiger partial charge in [0.05, 0.1) is 28.3 Å². The van der Waals surface area contributed by atoms with Crippen molar-refractivity contribution in [2.24, 2.45) is 5.73 Å². The molecule has 112 valence electrons. The SMILES string of the molecule is CCc1nn(CC)c(CC(=O)[C@H](N)c2ccccc2)c1Br. The topological polar surface area (TPSA) is 60.9 Å². The summed E-state index contributed by atoms with van der Waals surface area (Å²) in [6.07, 6.45) is 1.12. The zero-order valence-electron chi connectivity index (χ0n) is 12.3. The molecule has 0 aliphatic heterocycles. The minimum absolute atomic E-state index is 0.000784. The number of Topliss-reactive ketones (excluding diaryl/α,β-unsaturated/α-hetero) is 1. The highest BCUT2D eigenvalue weighted by molar-refractivity contribution is 9.10. The molecule has 0 saturated carbocycles. The maximum absolute atomic E-state index is 12.4. The molecular formula is C16H20BrN3O. The molecule has 0 radical (unpaired) electrons. The number of benzene rings is 1. The first-order valence-corrected chi connectivity index (χ1v) is 7.95. The molecule has 1 heterocycles. The first kappa shape index (κ1) is 15.9. The Balaban J connectivity index is 2.22. The zero-order chi connectivity index (χ0) is 15.4. The molecule has 0 spiro atoms. The Morgan fingerprint density at radius 3 is 2.57 bits per heavy atom. The number of halogens is 1. The van der Waals surface area contributed by atoms with Gasteiger partial charge in [0, 0.05) is 6.54 Å². The Morgan fingerprint density at radius 1 is 1.33 bits per heavy atom. The molecular weight excluding hydrogens is 330 g/mol. The lowest BCUT2D eigenvalue weighted by Gasteiger charge is -2.12. The van der Waals surface area contributed by atoms with Crippen LogP contribution in [0.25, 0.3) is 0 Å². The van der Waals surface area contributed by atoms with Crippen LogP contribution in [-0.2, 0) is 24.2 Å². The van der Waals surface area contributed by atoms with E-state index in [1.165, 1.54) is 0 Å². The van der Waals surface area contributed by atoms with Crippen LogP contribution in [0, 0.1) is 0 Å². The first-order chi connectivity index (χ1) is 10.1. The predicted octanol–water partition coefficient (Wildman–Crippen LogP) is 3.04. The van der Waals surface area contributed by atoms with Crippen molar-refractivity contribution in [1.29, 1.82) is 0 Å². The lowest BCUT2D eigenvalue weighted by Crippen LogP contribution is -2.24. The van der Waals surface area contributed by atoms with Crippen molar-refractivity contribution in [1.82, 2.24) is 9.78 Å². The maximum atomic E-state index is 12.4. The molecule has 2 rings (SSSR count). The summed E-state index contributed by atoms with van der Waals surface area (Å²) in [5, 5.41) is 4.51. The van der Waals surface area contributed by atoms with Gasteiger partial charge in [-0.3, -0.25) is 9.48 Å². The molecule has 0 saturated heterocycles. The number of hydrogen-bond acceptors (Lipinski definition) is 3. The van der Waals surface area contributed by atoms with Crippen molar-refractivity contribution < 1.29 is 4.79 Å². The smallest absolute Gasteiger partial charge is 0.160 e. The average Bonchev–Trinajstić information content (AvgIpc) is 2.83. The highest BCUT2D eigenvalue weighted by Gasteiger charge is 2.21. The van der Waals surface area contributed by atoms with Crippen LogP contribution in [0.5, 0.6) is 0 Å². The monoisotopic (exact) mass is 349 g/mol. The maximum Gasteiger partial charge on any atom is 0.160 e. The summed E-state index contributed by atoms with van der Waals surface area (Å²) in [4.78, 5) is 12.4. The molecule has 1 aromatic carbocycles. The summed E-state index contributed by atoms with van der Waals surface area (Å²) in [5.41, 5.74) is 8.80. The van der Waals surface area contributed by atoms with Crippen molar-refractivity contribution in [2.45, 2.75) is 39.3 Å². The molecule has 2 aromatic rings. The summed E-state index contributed by atoms with van der Waals surface area (Å²) >= 11 is 3.56. The molecule has 0 amide bonds. The van der Waals surface area contributed by atoms with Crippen molar-refractivity contribution in [3.63, 3.8) is 0 Å². The normalized spacial score (nSPS) is 12.4. The molecule has 0 fully saturated rings. The zero-order valence-corrected chi connectivity index (χ0v) is 13.9. The fourth-order valence-electron chi connectivity index (χ4n) is 2.31. The standard InChI is InChI=1S/C16H20BrN3O/c1-3-12-15(17)13(20(4-2)19-12)10-14(21)16(18)11-8-6-5-7-9-11/h5-9,16H,3-4,10,18H2,1-2H3/t16-/m1/s1. The van der Waals surface area contributed by atoms with E-state index in [4.69, 9.17) is 5.73 Å². The third-order valence-electron chi connectivity index (χ3n) is 3.54. The summed E-state index contributed by atoms with van der Waals surface area (Å²) in [6.45, 7) is 4.81. The van der Waals surface area contributed by atoms with E-state index in [1.807, 2.05) is 48.9 Å². The highest BCUT2D eigenvalue weighted by atomic mass is 79.9. The van der Waals surface area contributed by atoms with E-state index < -0.39 is 6.04 Å². The van der Waals surface area contributed by atoms with E-state index in [-0.39, 0.29) is 12.2 Å². The predicted molar refractivity (Wildman–Crippen MR) is 87.1 cm³/mol. The van der Waals surface area contributed by atoms with Crippen LogP contribution in [-0.4, -0.2) is 15.6 Å². The molecule has 1 aromatic heterocycles. The van der Waals surface area contributed by atoms with E-state index in [0.717, 1.165) is 34.4 Å². The van der Waals surface area contributed by atoms with E-state index in [0.29, 0.717) is 0 Å². The Bertz CT molecular complexity index is 622. The van der Waals surface area contributed by atoms with Gasteiger partial charge in [0.25, 0.3) is 0 Å². The Kier molecular flexibility index (Phi) is 5.31. The van der Waals surface area contributed by atoms with Crippen molar-refractivity contribution in [3.05, 3.63) is 51.8 Å². The number of carbonyl (C=O) groups is 1. The third-order valence-corrected chi connectivity index (χ3v) is 4.46. The number of hydrogen-bond donors (Lipinski definition) is 1. The van der Waals surface area contributed by atoms with Crippen molar-refractivity contribution >= 4 is 21.7 Å². The van der Waals surface area contributed by atoms with Gasteiger partial charge in [-0.1, -0.05) is 37.3 Å². The van der Waals surface area contributed by atoms with Crippen LogP contribution in [0.1, 0.15) is 36.8 Å². The second-order valence-electron chi connectivity index (χ2n) is 4.91. The van der Waals surface area contributed by atoms with Crippen LogP contribution in [0.4, 0.5) is 0 Å². The number of rotatable bonds is 6. The molecule has 5 heteroatoms. The molecule has 4 nitrogen and oxygen atoms in total. The number of ketones is 1. The van der Waals surface area contributed by atoms with Crippen LogP contribution in [0.3, 0.4) is 0 Å². The Morgan fingerprint density at radius 2 is 2.00 bits per heavy atom. The van der Waals surface area contributed by atoms with Gasteiger partial charge >= 0.3 is 0 Å². The summed E-state index contributed by atoms with van der Waals surface area (Å²) < 4.78 is 2.80. The second-order valence-corrected chi connectivity index (χ2v) is 5.70. The van der Waals surface area contributed by atoms with Crippen LogP contribution >= 0.6 is 15.9 Å². The van der Waals surface area contributed by atoms with E-state index in [1.54, 1.807) is 0 Å². The fraction of sp³-hybridized carbons (Fsp3) is 0.375. The number of carbonyl (C=O) groups excluding carboxylic acids is 1. The summed E-state index contributed by atoms with van der Waals surface area (Å²) in [7, 11) is 0. The molecule has 0 unspecified atom stereocenters. The van der Waals surface area contributed by atoms with Gasteiger partial charge in [0.1, 0.15) is 0 Å². The molecule has 0 aliphatic carbocycles. The Hall–Kier alpha value is -1.46. The lowest BCUT2D eigenvalue weighted by molar-refractivity contribution is -0.119. The number of aryl methyl sites for hydroxylation is 2. The fourth-order valence-corrected chi connectivity index (χ4v) is 3.01. The van der Waals surface area contributed by atoms with Gasteiger partial charge in [-0.25, -0.2) is 0 Å². The van der Waals surface area contributed by atoms with Crippen LogP contribution in [0.2, 0.25) is 0 Å². The number of nitrogens with zero attached hydrogens (tertiary/aromatic N) is 2. The summed E-state index contributed by atoms with van der Waals surface area (Å²) in [6, 6.07) is 8.87.